The van der Waals surface area contributed by atoms with Crippen LogP contribution in [-0.2, 0) is 14.3 Å². The summed E-state index contributed by atoms with van der Waals surface area (Å²) in [5.74, 6) is -0.0541. The molecule has 0 rings (SSSR count). The van der Waals surface area contributed by atoms with Crippen LogP contribution in [0.3, 0.4) is 0 Å². The lowest BCUT2D eigenvalue weighted by molar-refractivity contribution is -0.143. The highest BCUT2D eigenvalue weighted by Gasteiger charge is 2.18. The van der Waals surface area contributed by atoms with E-state index in [-0.39, 0.29) is 18.5 Å². The number of carbonyl (C=O) groups excluding carboxylic acids is 2. The topological polar surface area (TPSA) is 95.9 Å². The molecule has 466 valence electrons. The second kappa shape index (κ2) is 68.6. The average molecular weight is 1110 g/mol. The van der Waals surface area contributed by atoms with E-state index in [0.29, 0.717) is 19.4 Å². The maximum Gasteiger partial charge on any atom is 0.305 e. The van der Waals surface area contributed by atoms with Crippen LogP contribution in [0.5, 0.6) is 0 Å². The van der Waals surface area contributed by atoms with Crippen molar-refractivity contribution in [1.82, 2.24) is 5.32 Å². The van der Waals surface area contributed by atoms with Crippen LogP contribution in [0, 0.1) is 0 Å². The smallest absolute Gasteiger partial charge is 0.305 e. The highest BCUT2D eigenvalue weighted by Crippen LogP contribution is 2.19. The van der Waals surface area contributed by atoms with Crippen LogP contribution >= 0.6 is 0 Å². The van der Waals surface area contributed by atoms with Crippen molar-refractivity contribution in [3.8, 4) is 0 Å². The predicted octanol–water partition coefficient (Wildman–Crippen LogP) is 23.1. The van der Waals surface area contributed by atoms with Crippen LogP contribution in [0.25, 0.3) is 0 Å². The lowest BCUT2D eigenvalue weighted by atomic mass is 10.0. The number of amides is 1. The summed E-state index contributed by atoms with van der Waals surface area (Å²) in [6, 6.07) is -0.624. The quantitative estimate of drug-likeness (QED) is 0.0320. The molecule has 0 aliphatic rings. The summed E-state index contributed by atoms with van der Waals surface area (Å²) in [7, 11) is 0. The number of nitrogens with one attached hydrogen (secondary N) is 1. The first-order valence-electron chi connectivity index (χ1n) is 35.8. The summed E-state index contributed by atoms with van der Waals surface area (Å²) < 4.78 is 5.49. The number of hydrogen-bond acceptors (Lipinski definition) is 5. The second-order valence-corrected chi connectivity index (χ2v) is 24.6. The van der Waals surface area contributed by atoms with E-state index in [2.05, 4.69) is 43.5 Å². The van der Waals surface area contributed by atoms with E-state index in [1.165, 1.54) is 315 Å². The summed E-state index contributed by atoms with van der Waals surface area (Å²) in [5, 5.41) is 23.2. The van der Waals surface area contributed by atoms with E-state index in [4.69, 9.17) is 4.74 Å². The summed E-state index contributed by atoms with van der Waals surface area (Å²) in [6.07, 6.45) is 88.1. The van der Waals surface area contributed by atoms with Crippen LogP contribution < -0.4 is 5.32 Å². The SMILES string of the molecule is CCCCC/C=C\C/C=C\CCCCCCCC(=O)OCCCCCCCCCCCCCCCCCCCCCCCCCCCCCCCCCCC(=O)NC(CO)C(O)/C=C/CCCCCCCCCCCCCCC. The van der Waals surface area contributed by atoms with Gasteiger partial charge >= 0.3 is 5.97 Å². The van der Waals surface area contributed by atoms with Crippen LogP contribution in [-0.4, -0.2) is 47.4 Å². The molecule has 0 aromatic carbocycles. The number of rotatable bonds is 67. The van der Waals surface area contributed by atoms with Crippen molar-refractivity contribution >= 4 is 11.9 Å². The number of ether oxygens (including phenoxy) is 1. The molecule has 6 nitrogen and oxygen atoms in total. The number of hydrogen-bond donors (Lipinski definition) is 3. The van der Waals surface area contributed by atoms with Gasteiger partial charge in [-0.2, -0.15) is 0 Å². The van der Waals surface area contributed by atoms with Crippen molar-refractivity contribution in [3.63, 3.8) is 0 Å². The molecule has 0 fully saturated rings. The Morgan fingerprint density at radius 3 is 0.987 bits per heavy atom. The molecule has 3 N–H and O–H groups in total. The van der Waals surface area contributed by atoms with Crippen molar-refractivity contribution in [2.24, 2.45) is 0 Å². The molecule has 0 bridgehead atoms. The molecule has 0 aromatic heterocycles. The zero-order valence-electron chi connectivity index (χ0n) is 53.4. The Morgan fingerprint density at radius 2 is 0.633 bits per heavy atom. The molecule has 0 spiro atoms. The van der Waals surface area contributed by atoms with Gasteiger partial charge < -0.3 is 20.3 Å². The van der Waals surface area contributed by atoms with E-state index in [1.54, 1.807) is 6.08 Å². The van der Waals surface area contributed by atoms with Gasteiger partial charge in [0, 0.05) is 12.8 Å². The number of esters is 1. The zero-order valence-corrected chi connectivity index (χ0v) is 53.4. The summed E-state index contributed by atoms with van der Waals surface area (Å²) >= 11 is 0. The minimum atomic E-state index is -0.841. The first kappa shape index (κ1) is 77.1. The molecular weight excluding hydrogens is 971 g/mol. The van der Waals surface area contributed by atoms with Gasteiger partial charge in [0.15, 0.2) is 0 Å². The third-order valence-electron chi connectivity index (χ3n) is 16.7. The van der Waals surface area contributed by atoms with Crippen LogP contribution in [0.4, 0.5) is 0 Å². The Labute approximate surface area is 494 Å². The largest absolute Gasteiger partial charge is 0.466 e. The van der Waals surface area contributed by atoms with Gasteiger partial charge in [-0.15, -0.1) is 0 Å². The Morgan fingerprint density at radius 1 is 0.354 bits per heavy atom. The normalized spacial score (nSPS) is 12.7. The molecule has 0 aliphatic heterocycles. The summed E-state index contributed by atoms with van der Waals surface area (Å²) in [6.45, 7) is 4.90. The molecule has 0 aromatic rings. The predicted molar refractivity (Wildman–Crippen MR) is 347 cm³/mol. The first-order chi connectivity index (χ1) is 39.0. The minimum absolute atomic E-state index is 0.00718. The maximum absolute atomic E-state index is 12.5. The van der Waals surface area contributed by atoms with Crippen molar-refractivity contribution in [1.29, 1.82) is 0 Å². The van der Waals surface area contributed by atoms with E-state index in [9.17, 15) is 19.8 Å². The molecule has 2 unspecified atom stereocenters. The molecule has 6 heteroatoms. The molecular formula is C73H139NO5. The van der Waals surface area contributed by atoms with Crippen molar-refractivity contribution in [2.75, 3.05) is 13.2 Å². The standard InChI is InChI=1S/C73H139NO5/c1-3-5-7-9-11-13-15-17-37-41-45-49-53-57-61-65-71(76)70(69-75)74-72(77)66-62-58-54-50-46-42-39-35-33-31-29-27-25-23-21-19-20-22-24-26-28-30-32-34-36-40-44-48-52-56-60-64-68-79-73(78)67-63-59-55-51-47-43-38-18-16-14-12-10-8-6-4-2/h12,14,18,38,61,65,70-71,75-76H,3-11,13,15-17,19-37,39-60,62-64,66-69H2,1-2H3,(H,74,77)/b14-12-,38-18-,65-61+. The Hall–Kier alpha value is -1.92. The third-order valence-corrected chi connectivity index (χ3v) is 16.7. The number of carbonyl (C=O) groups is 2. The van der Waals surface area contributed by atoms with Gasteiger partial charge in [-0.25, -0.2) is 0 Å². The van der Waals surface area contributed by atoms with Crippen molar-refractivity contribution in [2.45, 2.75) is 405 Å². The Balaban J connectivity index is 3.33. The molecule has 2 atom stereocenters. The first-order valence-corrected chi connectivity index (χ1v) is 35.8. The fourth-order valence-corrected chi connectivity index (χ4v) is 11.2. The molecule has 1 amide bonds. The monoisotopic (exact) mass is 1110 g/mol. The van der Waals surface area contributed by atoms with E-state index in [0.717, 1.165) is 51.4 Å². The molecule has 79 heavy (non-hydrogen) atoms. The summed E-state index contributed by atoms with van der Waals surface area (Å²) in [4.78, 5) is 24.6. The van der Waals surface area contributed by atoms with Gasteiger partial charge in [-0.3, -0.25) is 9.59 Å². The van der Waals surface area contributed by atoms with E-state index < -0.39 is 12.1 Å². The van der Waals surface area contributed by atoms with Crippen LogP contribution in [0.15, 0.2) is 36.5 Å². The molecule has 0 heterocycles. The fraction of sp³-hybridized carbons (Fsp3) is 0.890. The van der Waals surface area contributed by atoms with Gasteiger partial charge in [0.05, 0.1) is 25.4 Å². The lowest BCUT2D eigenvalue weighted by Gasteiger charge is -2.20. The zero-order chi connectivity index (χ0) is 57.1. The maximum atomic E-state index is 12.5. The number of aliphatic hydroxyl groups excluding tert-OH is 2. The van der Waals surface area contributed by atoms with Gasteiger partial charge in [0.2, 0.25) is 5.91 Å². The number of unbranched alkanes of at least 4 members (excludes halogenated alkanes) is 52. The lowest BCUT2D eigenvalue weighted by Crippen LogP contribution is -2.45. The van der Waals surface area contributed by atoms with Crippen molar-refractivity contribution < 1.29 is 24.5 Å². The van der Waals surface area contributed by atoms with E-state index in [1.807, 2.05) is 6.08 Å². The molecule has 0 aliphatic carbocycles. The summed E-state index contributed by atoms with van der Waals surface area (Å²) in [5.41, 5.74) is 0. The van der Waals surface area contributed by atoms with Gasteiger partial charge in [-0.05, 0) is 64.2 Å². The molecule has 0 saturated heterocycles. The van der Waals surface area contributed by atoms with Gasteiger partial charge in [0.25, 0.3) is 0 Å². The van der Waals surface area contributed by atoms with E-state index >= 15 is 0 Å². The van der Waals surface area contributed by atoms with Gasteiger partial charge in [0.1, 0.15) is 0 Å². The molecule has 0 radical (unpaired) electrons. The number of allylic oxidation sites excluding steroid dienone is 5. The fourth-order valence-electron chi connectivity index (χ4n) is 11.2. The van der Waals surface area contributed by atoms with Crippen molar-refractivity contribution in [3.05, 3.63) is 36.5 Å². The Kier molecular flexibility index (Phi) is 66.9. The average Bonchev–Trinajstić information content (AvgIpc) is 3.45. The highest BCUT2D eigenvalue weighted by atomic mass is 16.5. The Bertz CT molecular complexity index is 1280. The third kappa shape index (κ3) is 65.1. The second-order valence-electron chi connectivity index (χ2n) is 24.6. The van der Waals surface area contributed by atoms with Crippen LogP contribution in [0.1, 0.15) is 393 Å². The van der Waals surface area contributed by atoms with Gasteiger partial charge in [-0.1, -0.05) is 352 Å². The highest BCUT2D eigenvalue weighted by molar-refractivity contribution is 5.76. The van der Waals surface area contributed by atoms with Crippen LogP contribution in [0.2, 0.25) is 0 Å². The molecule has 0 saturated carbocycles. The minimum Gasteiger partial charge on any atom is -0.466 e. The number of aliphatic hydroxyl groups is 2.